The molecule has 1 rings (SSSR count). The minimum absolute atomic E-state index is 0.371. The Morgan fingerprint density at radius 2 is 1.88 bits per heavy atom. The van der Waals surface area contributed by atoms with E-state index in [1.165, 1.54) is 0 Å². The fraction of sp³-hybridized carbons (Fsp3) is 0.182. The van der Waals surface area contributed by atoms with Crippen LogP contribution in [0.15, 0.2) is 43.0 Å². The number of hydrogen-bond donors (Lipinski definition) is 1. The Kier molecular flexibility index (Phi) is 4.66. The summed E-state index contributed by atoms with van der Waals surface area (Å²) in [5, 5.41) is 2.57. The van der Waals surface area contributed by atoms with Gasteiger partial charge in [0.05, 0.1) is 6.04 Å². The topological polar surface area (TPSA) is 29.1 Å². The first-order valence-corrected chi connectivity index (χ1v) is 5.63. The van der Waals surface area contributed by atoms with Crippen molar-refractivity contribution in [2.75, 3.05) is 0 Å². The van der Waals surface area contributed by atoms with Gasteiger partial charge in [-0.3, -0.25) is 4.79 Å². The number of amides is 1. The van der Waals surface area contributed by atoms with E-state index >= 15 is 0 Å². The molecule has 16 heavy (non-hydrogen) atoms. The number of benzene rings is 1. The molecule has 0 saturated heterocycles. The van der Waals surface area contributed by atoms with E-state index in [4.69, 9.17) is 34.8 Å². The minimum atomic E-state index is -1.96. The van der Waals surface area contributed by atoms with E-state index in [2.05, 4.69) is 11.9 Å². The van der Waals surface area contributed by atoms with Gasteiger partial charge in [-0.15, -0.1) is 6.58 Å². The summed E-state index contributed by atoms with van der Waals surface area (Å²) in [6, 6.07) is 8.92. The van der Waals surface area contributed by atoms with Crippen molar-refractivity contribution in [1.29, 1.82) is 0 Å². The quantitative estimate of drug-likeness (QED) is 0.666. The summed E-state index contributed by atoms with van der Waals surface area (Å²) in [5.74, 6) is -0.675. The van der Waals surface area contributed by atoms with Gasteiger partial charge in [0.2, 0.25) is 0 Å². The first-order valence-electron chi connectivity index (χ1n) is 4.50. The van der Waals surface area contributed by atoms with Gasteiger partial charge < -0.3 is 5.32 Å². The van der Waals surface area contributed by atoms with Crippen LogP contribution in [0.5, 0.6) is 0 Å². The monoisotopic (exact) mass is 277 g/mol. The lowest BCUT2D eigenvalue weighted by Gasteiger charge is -2.18. The second-order valence-electron chi connectivity index (χ2n) is 3.10. The fourth-order valence-corrected chi connectivity index (χ4v) is 1.33. The molecule has 1 amide bonds. The third-order valence-corrected chi connectivity index (χ3v) is 2.45. The molecule has 0 fully saturated rings. The van der Waals surface area contributed by atoms with Crippen LogP contribution in [0.3, 0.4) is 0 Å². The van der Waals surface area contributed by atoms with Gasteiger partial charge in [-0.05, 0) is 5.56 Å². The molecule has 0 radical (unpaired) electrons. The van der Waals surface area contributed by atoms with Gasteiger partial charge in [0.1, 0.15) is 0 Å². The molecule has 1 N–H and O–H groups in total. The molecule has 0 heterocycles. The average molecular weight is 279 g/mol. The molecular formula is C11H10Cl3NO. The zero-order valence-electron chi connectivity index (χ0n) is 8.29. The zero-order chi connectivity index (χ0) is 12.2. The summed E-state index contributed by atoms with van der Waals surface area (Å²) in [6.07, 6.45) is 1.57. The Balaban J connectivity index is 2.79. The van der Waals surface area contributed by atoms with Gasteiger partial charge in [0.15, 0.2) is 0 Å². The van der Waals surface area contributed by atoms with E-state index in [9.17, 15) is 4.79 Å². The number of carbonyl (C=O) groups excluding carboxylic acids is 1. The van der Waals surface area contributed by atoms with Gasteiger partial charge in [0.25, 0.3) is 9.70 Å². The second-order valence-corrected chi connectivity index (χ2v) is 5.38. The van der Waals surface area contributed by atoms with Crippen LogP contribution in [0.25, 0.3) is 0 Å². The van der Waals surface area contributed by atoms with Gasteiger partial charge in [0, 0.05) is 0 Å². The van der Waals surface area contributed by atoms with Crippen LogP contribution in [0, 0.1) is 0 Å². The molecule has 2 nitrogen and oxygen atoms in total. The summed E-state index contributed by atoms with van der Waals surface area (Å²) >= 11 is 16.4. The largest absolute Gasteiger partial charge is 0.342 e. The maximum Gasteiger partial charge on any atom is 0.272 e. The molecule has 0 bridgehead atoms. The van der Waals surface area contributed by atoms with Crippen LogP contribution in [0.2, 0.25) is 0 Å². The molecule has 0 saturated carbocycles. The van der Waals surface area contributed by atoms with Crippen molar-refractivity contribution in [3.63, 3.8) is 0 Å². The third kappa shape index (κ3) is 3.71. The normalized spacial score (nSPS) is 12.9. The second kappa shape index (κ2) is 5.58. The van der Waals surface area contributed by atoms with Gasteiger partial charge in [-0.25, -0.2) is 0 Å². The molecule has 0 spiro atoms. The molecule has 1 atom stereocenters. The van der Waals surface area contributed by atoms with Crippen molar-refractivity contribution < 1.29 is 4.79 Å². The summed E-state index contributed by atoms with van der Waals surface area (Å²) in [7, 11) is 0. The first kappa shape index (κ1) is 13.4. The van der Waals surface area contributed by atoms with Crippen molar-refractivity contribution in [3.05, 3.63) is 48.6 Å². The SMILES string of the molecule is C=C[C@@H](NC(=O)C(Cl)(Cl)Cl)c1ccccc1. The Morgan fingerprint density at radius 3 is 2.31 bits per heavy atom. The molecular weight excluding hydrogens is 268 g/mol. The molecule has 0 aliphatic rings. The predicted molar refractivity (Wildman–Crippen MR) is 67.8 cm³/mol. The van der Waals surface area contributed by atoms with Crippen LogP contribution in [-0.4, -0.2) is 9.70 Å². The summed E-state index contributed by atoms with van der Waals surface area (Å²) in [4.78, 5) is 11.5. The standard InChI is InChI=1S/C11H10Cl3NO/c1-2-9(8-6-4-3-5-7-8)15-10(16)11(12,13)14/h2-7,9H,1H2,(H,15,16)/t9-/m1/s1. The number of nitrogens with one attached hydrogen (secondary N) is 1. The molecule has 5 heteroatoms. The highest BCUT2D eigenvalue weighted by molar-refractivity contribution is 6.76. The van der Waals surface area contributed by atoms with Crippen LogP contribution in [0.1, 0.15) is 11.6 Å². The van der Waals surface area contributed by atoms with Gasteiger partial charge in [-0.2, -0.15) is 0 Å². The maximum absolute atomic E-state index is 11.5. The number of rotatable bonds is 3. The van der Waals surface area contributed by atoms with Gasteiger partial charge in [-0.1, -0.05) is 71.2 Å². The Hall–Kier alpha value is -0.700. The lowest BCUT2D eigenvalue weighted by molar-refractivity contribution is -0.120. The van der Waals surface area contributed by atoms with Crippen LogP contribution < -0.4 is 5.32 Å². The minimum Gasteiger partial charge on any atom is -0.342 e. The summed E-state index contributed by atoms with van der Waals surface area (Å²) < 4.78 is -1.96. The van der Waals surface area contributed by atoms with E-state index < -0.39 is 9.70 Å². The van der Waals surface area contributed by atoms with E-state index in [1.807, 2.05) is 30.3 Å². The molecule has 0 aliphatic carbocycles. The average Bonchev–Trinajstić information content (AvgIpc) is 2.25. The van der Waals surface area contributed by atoms with Crippen molar-refractivity contribution in [2.24, 2.45) is 0 Å². The van der Waals surface area contributed by atoms with E-state index in [0.717, 1.165) is 5.56 Å². The zero-order valence-corrected chi connectivity index (χ0v) is 10.6. The van der Waals surface area contributed by atoms with Crippen LogP contribution in [0.4, 0.5) is 0 Å². The number of hydrogen-bond acceptors (Lipinski definition) is 1. The molecule has 0 aromatic heterocycles. The Bertz CT molecular complexity index is 373. The lowest BCUT2D eigenvalue weighted by atomic mass is 10.1. The van der Waals surface area contributed by atoms with Crippen molar-refractivity contribution in [1.82, 2.24) is 5.32 Å². The highest BCUT2D eigenvalue weighted by atomic mass is 35.6. The van der Waals surface area contributed by atoms with Crippen molar-refractivity contribution in [3.8, 4) is 0 Å². The molecule has 86 valence electrons. The molecule has 1 aromatic rings. The van der Waals surface area contributed by atoms with E-state index in [-0.39, 0.29) is 6.04 Å². The number of halogens is 3. The molecule has 0 aliphatic heterocycles. The number of alkyl halides is 3. The highest BCUT2D eigenvalue weighted by Gasteiger charge is 2.31. The summed E-state index contributed by atoms with van der Waals surface area (Å²) in [5.41, 5.74) is 0.875. The predicted octanol–water partition coefficient (Wildman–Crippen LogP) is 3.40. The van der Waals surface area contributed by atoms with Crippen molar-refractivity contribution in [2.45, 2.75) is 9.83 Å². The van der Waals surface area contributed by atoms with Crippen LogP contribution in [-0.2, 0) is 4.79 Å². The van der Waals surface area contributed by atoms with Gasteiger partial charge >= 0.3 is 0 Å². The fourth-order valence-electron chi connectivity index (χ4n) is 1.16. The Morgan fingerprint density at radius 1 is 1.31 bits per heavy atom. The number of carbonyl (C=O) groups is 1. The Labute approximate surface area is 109 Å². The maximum atomic E-state index is 11.5. The van der Waals surface area contributed by atoms with E-state index in [1.54, 1.807) is 6.08 Å². The smallest absolute Gasteiger partial charge is 0.272 e. The summed E-state index contributed by atoms with van der Waals surface area (Å²) in [6.45, 7) is 3.63. The van der Waals surface area contributed by atoms with Crippen LogP contribution >= 0.6 is 34.8 Å². The third-order valence-electron chi connectivity index (χ3n) is 1.94. The highest BCUT2D eigenvalue weighted by Crippen LogP contribution is 2.27. The first-order chi connectivity index (χ1) is 7.45. The lowest BCUT2D eigenvalue weighted by Crippen LogP contribution is -2.36. The molecule has 0 unspecified atom stereocenters. The van der Waals surface area contributed by atoms with E-state index in [0.29, 0.717) is 0 Å². The molecule has 1 aromatic carbocycles. The van der Waals surface area contributed by atoms with Crippen molar-refractivity contribution >= 4 is 40.7 Å².